The molecule has 12 atom stereocenters. The second kappa shape index (κ2) is 18.5. The van der Waals surface area contributed by atoms with Crippen molar-refractivity contribution in [2.45, 2.75) is 135 Å². The van der Waals surface area contributed by atoms with E-state index in [1.807, 2.05) is 70.2 Å². The summed E-state index contributed by atoms with van der Waals surface area (Å²) in [4.78, 5) is 45.0. The molecule has 3 aliphatic heterocycles. The van der Waals surface area contributed by atoms with Gasteiger partial charge in [0, 0.05) is 49.5 Å². The Labute approximate surface area is 337 Å². The molecule has 1 amide bonds. The molecule has 0 aliphatic carbocycles. The Morgan fingerprint density at radius 3 is 2.49 bits per heavy atom. The number of nitrogens with one attached hydrogen (secondary N) is 1. The number of aromatic nitrogens is 3. The number of hydrogen-bond acceptors (Lipinski definition) is 14. The van der Waals surface area contributed by atoms with Crippen LogP contribution >= 0.6 is 0 Å². The van der Waals surface area contributed by atoms with Crippen molar-refractivity contribution in [3.63, 3.8) is 0 Å². The maximum atomic E-state index is 14.2. The number of aliphatic hydroxyl groups excluding tert-OH is 1. The molecule has 4 N–H and O–H groups in total. The Bertz CT molecular complexity index is 1690. The Hall–Kier alpha value is -3.67. The fourth-order valence-corrected chi connectivity index (χ4v) is 8.87. The number of likely N-dealkylation sites (N-methyl/N-ethyl adjacent to an activating group) is 1. The first-order valence-electron chi connectivity index (χ1n) is 20.3. The van der Waals surface area contributed by atoms with Crippen molar-refractivity contribution < 1.29 is 43.2 Å². The van der Waals surface area contributed by atoms with Crippen LogP contribution in [0, 0.1) is 17.8 Å². The molecule has 0 radical (unpaired) electrons. The zero-order chi connectivity index (χ0) is 41.8. The molecule has 3 fully saturated rings. The highest BCUT2D eigenvalue weighted by molar-refractivity contribution is 6.00. The molecule has 5 rings (SSSR count). The van der Waals surface area contributed by atoms with Gasteiger partial charge in [-0.1, -0.05) is 31.2 Å². The monoisotopic (exact) mass is 799 g/mol. The summed E-state index contributed by atoms with van der Waals surface area (Å²) in [7, 11) is 5.38. The number of ether oxygens (including phenoxy) is 5. The number of benzene rings is 1. The van der Waals surface area contributed by atoms with E-state index in [1.54, 1.807) is 30.5 Å². The van der Waals surface area contributed by atoms with Gasteiger partial charge in [-0.3, -0.25) is 19.2 Å². The molecule has 0 spiro atoms. The van der Waals surface area contributed by atoms with Gasteiger partial charge in [0.05, 0.1) is 30.0 Å². The van der Waals surface area contributed by atoms with Crippen LogP contribution in [-0.2, 0) is 39.8 Å². The number of hydrogen-bond donors (Lipinski definition) is 3. The minimum absolute atomic E-state index is 0.00509. The summed E-state index contributed by atoms with van der Waals surface area (Å²) in [5.41, 5.74) is 5.97. The lowest BCUT2D eigenvalue weighted by atomic mass is 9.78. The molecule has 57 heavy (non-hydrogen) atoms. The molecule has 0 saturated carbocycles. The standard InChI is InChI=1S/C41H65N7O9/c1-24-20-40(6,53-10)36(56-38-34(50)32(46(8)9)18-25(2)55-38)26(3)33(49)27(4)37(51)54-23-41(7)35(28(5)43-21-24)48(39(52)57-41)17-12-11-16-47-22-31(44-45-47)29-14-13-15-30(42)19-29/h13-15,19,22,24-28,32,34-36,38,43,50H,11-12,16-18,20-21,23,42H2,1-10H3/t24-,25-,26-,27?,28-,32?,34?,35-,36-,38+,40-,41-/m1/s1. The topological polar surface area (TPSA) is 193 Å². The Morgan fingerprint density at radius 1 is 1.09 bits per heavy atom. The predicted molar refractivity (Wildman–Crippen MR) is 213 cm³/mol. The van der Waals surface area contributed by atoms with E-state index >= 15 is 0 Å². The van der Waals surface area contributed by atoms with E-state index in [1.165, 1.54) is 6.92 Å². The van der Waals surface area contributed by atoms with E-state index in [4.69, 9.17) is 29.4 Å². The summed E-state index contributed by atoms with van der Waals surface area (Å²) in [5, 5.41) is 23.6. The van der Waals surface area contributed by atoms with Crippen LogP contribution in [0.5, 0.6) is 0 Å². The first-order valence-corrected chi connectivity index (χ1v) is 20.3. The summed E-state index contributed by atoms with van der Waals surface area (Å²) >= 11 is 0. The molecule has 3 aliphatic rings. The molecule has 0 bridgehead atoms. The van der Waals surface area contributed by atoms with Crippen molar-refractivity contribution >= 4 is 23.5 Å². The number of cyclic esters (lactones) is 1. The fourth-order valence-electron chi connectivity index (χ4n) is 8.87. The van der Waals surface area contributed by atoms with E-state index in [0.717, 1.165) is 17.7 Å². The molecule has 4 heterocycles. The van der Waals surface area contributed by atoms with E-state index in [9.17, 15) is 19.5 Å². The quantitative estimate of drug-likeness (QED) is 0.137. The molecular formula is C41H65N7O9. The third-order valence-corrected chi connectivity index (χ3v) is 12.1. The molecule has 1 aromatic heterocycles. The van der Waals surface area contributed by atoms with Crippen molar-refractivity contribution in [3.05, 3.63) is 30.5 Å². The van der Waals surface area contributed by atoms with Crippen LogP contribution in [0.3, 0.4) is 0 Å². The number of carbonyl (C=O) groups is 3. The van der Waals surface area contributed by atoms with E-state index in [0.29, 0.717) is 44.6 Å². The summed E-state index contributed by atoms with van der Waals surface area (Å²) in [6.07, 6.45) is 0.715. The SMILES string of the molecule is CO[C@]1(C)C[C@@H](C)CN[C@H](C)[C@H]2N(CCCCn3cc(-c4cccc(N)c4)nn3)C(=O)O[C@]2(C)COC(=O)C(C)C(=O)[C@@H](C)[C@H]1O[C@@H]1O[C@H](C)CC(N(C)C)C1O. The second-order valence-corrected chi connectivity index (χ2v) is 17.2. The highest BCUT2D eigenvalue weighted by Crippen LogP contribution is 2.38. The number of esters is 1. The van der Waals surface area contributed by atoms with Gasteiger partial charge in [-0.05, 0) is 99.0 Å². The average Bonchev–Trinajstić information content (AvgIpc) is 3.74. The molecule has 2 aromatic rings. The van der Waals surface area contributed by atoms with Gasteiger partial charge in [0.1, 0.15) is 24.3 Å². The lowest BCUT2D eigenvalue weighted by molar-refractivity contribution is -0.295. The molecule has 318 valence electrons. The first kappa shape index (κ1) is 44.4. The molecular weight excluding hydrogens is 734 g/mol. The first-order chi connectivity index (χ1) is 26.9. The number of unbranched alkanes of at least 4 members (excludes halogenated alkanes) is 1. The lowest BCUT2D eigenvalue weighted by Gasteiger charge is -2.46. The lowest BCUT2D eigenvalue weighted by Crippen LogP contribution is -2.59. The third-order valence-electron chi connectivity index (χ3n) is 12.1. The van der Waals surface area contributed by atoms with Crippen LogP contribution in [0.2, 0.25) is 0 Å². The van der Waals surface area contributed by atoms with Crippen molar-refractivity contribution in [2.75, 3.05) is 46.6 Å². The minimum atomic E-state index is -1.20. The number of fused-ring (bicyclic) bond motifs is 1. The largest absolute Gasteiger partial charge is 0.461 e. The number of ketones is 1. The van der Waals surface area contributed by atoms with Gasteiger partial charge in [-0.2, -0.15) is 0 Å². The number of aryl methyl sites for hydroxylation is 1. The van der Waals surface area contributed by atoms with Gasteiger partial charge in [0.25, 0.3) is 0 Å². The van der Waals surface area contributed by atoms with Gasteiger partial charge in [-0.25, -0.2) is 4.79 Å². The maximum Gasteiger partial charge on any atom is 0.410 e. The predicted octanol–water partition coefficient (Wildman–Crippen LogP) is 3.51. The van der Waals surface area contributed by atoms with E-state index < -0.39 is 65.4 Å². The Balaban J connectivity index is 1.33. The molecule has 3 saturated heterocycles. The van der Waals surface area contributed by atoms with Crippen molar-refractivity contribution in [1.29, 1.82) is 0 Å². The number of carbonyl (C=O) groups excluding carboxylic acids is 3. The summed E-state index contributed by atoms with van der Waals surface area (Å²) in [6, 6.07) is 6.48. The summed E-state index contributed by atoms with van der Waals surface area (Å²) in [6.45, 7) is 14.2. The molecule has 16 heteroatoms. The van der Waals surface area contributed by atoms with Crippen LogP contribution in [0.15, 0.2) is 30.5 Å². The average molecular weight is 800 g/mol. The zero-order valence-corrected chi connectivity index (χ0v) is 35.3. The Kier molecular flexibility index (Phi) is 14.4. The number of nitrogens with two attached hydrogens (primary N) is 1. The zero-order valence-electron chi connectivity index (χ0n) is 35.3. The van der Waals surface area contributed by atoms with Crippen LogP contribution in [0.1, 0.15) is 74.1 Å². The minimum Gasteiger partial charge on any atom is -0.461 e. The van der Waals surface area contributed by atoms with Gasteiger partial charge >= 0.3 is 12.1 Å². The van der Waals surface area contributed by atoms with Crippen LogP contribution in [0.4, 0.5) is 10.5 Å². The maximum absolute atomic E-state index is 14.2. The van der Waals surface area contributed by atoms with E-state index in [-0.39, 0.29) is 30.7 Å². The van der Waals surface area contributed by atoms with Crippen LogP contribution in [-0.4, -0.2) is 143 Å². The second-order valence-electron chi connectivity index (χ2n) is 17.2. The number of aliphatic hydroxyl groups is 1. The number of anilines is 1. The van der Waals surface area contributed by atoms with Crippen molar-refractivity contribution in [2.24, 2.45) is 17.8 Å². The number of Topliss-reactive ketones (excluding diaryl/α,β-unsaturated/α-hetero) is 1. The normalized spacial score (nSPS) is 36.0. The van der Waals surface area contributed by atoms with Crippen LogP contribution < -0.4 is 11.1 Å². The van der Waals surface area contributed by atoms with E-state index in [2.05, 4.69) is 22.6 Å². The molecule has 3 unspecified atom stereocenters. The van der Waals surface area contributed by atoms with Gasteiger partial charge < -0.3 is 44.7 Å². The van der Waals surface area contributed by atoms with Crippen molar-refractivity contribution in [1.82, 2.24) is 30.1 Å². The number of nitrogens with zero attached hydrogens (tertiary/aromatic N) is 5. The number of nitrogen functional groups attached to an aromatic ring is 1. The highest BCUT2D eigenvalue weighted by atomic mass is 16.7. The van der Waals surface area contributed by atoms with Gasteiger partial charge in [-0.15, -0.1) is 5.10 Å². The smallest absolute Gasteiger partial charge is 0.410 e. The van der Waals surface area contributed by atoms with Gasteiger partial charge in [0.2, 0.25) is 0 Å². The van der Waals surface area contributed by atoms with Crippen molar-refractivity contribution in [3.8, 4) is 11.3 Å². The highest BCUT2D eigenvalue weighted by Gasteiger charge is 2.55. The van der Waals surface area contributed by atoms with Gasteiger partial charge in [0.15, 0.2) is 17.7 Å². The number of rotatable bonds is 10. The van der Waals surface area contributed by atoms with Crippen LogP contribution in [0.25, 0.3) is 11.3 Å². The third kappa shape index (κ3) is 10.1. The number of methoxy groups -OCH3 is 1. The molecule has 16 nitrogen and oxygen atoms in total. The summed E-state index contributed by atoms with van der Waals surface area (Å²) in [5.74, 6) is -3.15. The summed E-state index contributed by atoms with van der Waals surface area (Å²) < 4.78 is 32.6. The molecule has 1 aromatic carbocycles. The Morgan fingerprint density at radius 2 is 1.81 bits per heavy atom. The fraction of sp³-hybridized carbons (Fsp3) is 0.732. The number of amides is 1.